The molecular weight excluding hydrogens is 246 g/mol. The van der Waals surface area contributed by atoms with E-state index in [-0.39, 0.29) is 0 Å². The molecule has 0 bridgehead atoms. The van der Waals surface area contributed by atoms with Crippen LogP contribution in [0.5, 0.6) is 0 Å². The maximum atomic E-state index is 9.45. The molecule has 20 heavy (non-hydrogen) atoms. The second-order valence-corrected chi connectivity index (χ2v) is 7.64. The Morgan fingerprint density at radius 2 is 1.90 bits per heavy atom. The van der Waals surface area contributed by atoms with Crippen molar-refractivity contribution in [3.05, 3.63) is 0 Å². The Hall–Kier alpha value is -0.590. The van der Waals surface area contributed by atoms with Gasteiger partial charge in [-0.2, -0.15) is 5.26 Å². The molecule has 0 spiro atoms. The van der Waals surface area contributed by atoms with Gasteiger partial charge in [0.05, 0.1) is 6.07 Å². The van der Waals surface area contributed by atoms with E-state index in [1.54, 1.807) is 0 Å². The van der Waals surface area contributed by atoms with Crippen molar-refractivity contribution in [3.8, 4) is 6.07 Å². The van der Waals surface area contributed by atoms with Crippen LogP contribution in [0.2, 0.25) is 0 Å². The molecule has 0 aromatic carbocycles. The molecule has 1 fully saturated rings. The van der Waals surface area contributed by atoms with Crippen LogP contribution in [0.15, 0.2) is 0 Å². The van der Waals surface area contributed by atoms with Gasteiger partial charge in [0.2, 0.25) is 0 Å². The normalized spacial score (nSPS) is 24.7. The van der Waals surface area contributed by atoms with Crippen molar-refractivity contribution in [2.75, 3.05) is 26.2 Å². The molecule has 0 aromatic rings. The minimum Gasteiger partial charge on any atom is -0.300 e. The first-order chi connectivity index (χ1) is 9.30. The van der Waals surface area contributed by atoms with E-state index in [2.05, 4.69) is 44.0 Å². The fourth-order valence-electron chi connectivity index (χ4n) is 3.16. The van der Waals surface area contributed by atoms with E-state index in [0.29, 0.717) is 5.41 Å². The summed E-state index contributed by atoms with van der Waals surface area (Å²) in [7, 11) is 0. The standard InChI is InChI=1S/C17H33N3/c1-6-10-19-17(5,13-18)14-20-11-7-8-15(9-12-20)16(2,3)4/h15,19H,6-12,14H2,1-5H3. The largest absolute Gasteiger partial charge is 0.300 e. The molecule has 3 nitrogen and oxygen atoms in total. The van der Waals surface area contributed by atoms with Crippen LogP contribution in [0.1, 0.15) is 60.3 Å². The number of likely N-dealkylation sites (tertiary alicyclic amines) is 1. The smallest absolute Gasteiger partial charge is 0.116 e. The van der Waals surface area contributed by atoms with Crippen molar-refractivity contribution in [1.29, 1.82) is 5.26 Å². The van der Waals surface area contributed by atoms with Crippen LogP contribution >= 0.6 is 0 Å². The highest BCUT2D eigenvalue weighted by molar-refractivity contribution is 5.05. The van der Waals surface area contributed by atoms with Crippen molar-refractivity contribution in [1.82, 2.24) is 10.2 Å². The number of nitrogens with one attached hydrogen (secondary N) is 1. The molecule has 1 aliphatic rings. The second kappa shape index (κ2) is 7.43. The fourth-order valence-corrected chi connectivity index (χ4v) is 3.16. The first kappa shape index (κ1) is 17.5. The second-order valence-electron chi connectivity index (χ2n) is 7.64. The van der Waals surface area contributed by atoms with E-state index in [0.717, 1.165) is 38.5 Å². The molecule has 1 saturated heterocycles. The zero-order valence-electron chi connectivity index (χ0n) is 14.1. The molecule has 1 rings (SSSR count). The summed E-state index contributed by atoms with van der Waals surface area (Å²) in [6.45, 7) is 15.3. The fraction of sp³-hybridized carbons (Fsp3) is 0.941. The van der Waals surface area contributed by atoms with Gasteiger partial charge in [-0.1, -0.05) is 27.7 Å². The minimum atomic E-state index is -0.405. The third-order valence-electron chi connectivity index (χ3n) is 4.60. The molecule has 0 radical (unpaired) electrons. The quantitative estimate of drug-likeness (QED) is 0.838. The summed E-state index contributed by atoms with van der Waals surface area (Å²) in [4.78, 5) is 2.48. The molecule has 1 aliphatic heterocycles. The summed E-state index contributed by atoms with van der Waals surface area (Å²) in [5, 5.41) is 12.9. The molecule has 0 aliphatic carbocycles. The molecule has 0 amide bonds. The molecule has 3 heteroatoms. The number of nitrogens with zero attached hydrogens (tertiary/aromatic N) is 2. The van der Waals surface area contributed by atoms with Gasteiger partial charge >= 0.3 is 0 Å². The lowest BCUT2D eigenvalue weighted by Crippen LogP contribution is -2.51. The van der Waals surface area contributed by atoms with E-state index >= 15 is 0 Å². The molecular formula is C17H33N3. The van der Waals surface area contributed by atoms with Gasteiger partial charge in [0, 0.05) is 6.54 Å². The highest BCUT2D eigenvalue weighted by Crippen LogP contribution is 2.34. The molecule has 0 saturated carbocycles. The zero-order valence-corrected chi connectivity index (χ0v) is 14.1. The highest BCUT2D eigenvalue weighted by atomic mass is 15.2. The van der Waals surface area contributed by atoms with Crippen molar-refractivity contribution >= 4 is 0 Å². The first-order valence-corrected chi connectivity index (χ1v) is 8.19. The third-order valence-corrected chi connectivity index (χ3v) is 4.60. The van der Waals surface area contributed by atoms with Gasteiger partial charge in [-0.25, -0.2) is 0 Å². The van der Waals surface area contributed by atoms with E-state index in [9.17, 15) is 5.26 Å². The van der Waals surface area contributed by atoms with Crippen molar-refractivity contribution in [2.45, 2.75) is 65.8 Å². The Balaban J connectivity index is 2.55. The molecule has 0 aromatic heterocycles. The number of hydrogen-bond donors (Lipinski definition) is 1. The van der Waals surface area contributed by atoms with Crippen molar-refractivity contribution in [3.63, 3.8) is 0 Å². The predicted molar refractivity (Wildman–Crippen MR) is 85.5 cm³/mol. The Labute approximate surface area is 125 Å². The molecule has 1 heterocycles. The van der Waals surface area contributed by atoms with Gasteiger partial charge in [-0.15, -0.1) is 0 Å². The van der Waals surface area contributed by atoms with Gasteiger partial charge < -0.3 is 4.90 Å². The Morgan fingerprint density at radius 3 is 2.45 bits per heavy atom. The maximum Gasteiger partial charge on any atom is 0.116 e. The van der Waals surface area contributed by atoms with Crippen molar-refractivity contribution in [2.24, 2.45) is 11.3 Å². The van der Waals surface area contributed by atoms with Crippen LogP contribution in [-0.2, 0) is 0 Å². The lowest BCUT2D eigenvalue weighted by molar-refractivity contribution is 0.196. The van der Waals surface area contributed by atoms with Gasteiger partial charge in [0.15, 0.2) is 0 Å². The van der Waals surface area contributed by atoms with E-state index < -0.39 is 5.54 Å². The zero-order chi connectivity index (χ0) is 15.2. The topological polar surface area (TPSA) is 39.1 Å². The molecule has 2 atom stereocenters. The number of hydrogen-bond acceptors (Lipinski definition) is 3. The Kier molecular flexibility index (Phi) is 6.48. The van der Waals surface area contributed by atoms with E-state index in [1.807, 2.05) is 6.92 Å². The average Bonchev–Trinajstić information content (AvgIpc) is 2.61. The van der Waals surface area contributed by atoms with Gasteiger partial charge in [0.1, 0.15) is 5.54 Å². The highest BCUT2D eigenvalue weighted by Gasteiger charge is 2.30. The Bertz CT molecular complexity index is 326. The van der Waals surface area contributed by atoms with Gasteiger partial charge in [-0.05, 0) is 63.6 Å². The van der Waals surface area contributed by atoms with Gasteiger partial charge in [-0.3, -0.25) is 5.32 Å². The lowest BCUT2D eigenvalue weighted by atomic mass is 9.77. The third kappa shape index (κ3) is 5.42. The van der Waals surface area contributed by atoms with Gasteiger partial charge in [0.25, 0.3) is 0 Å². The van der Waals surface area contributed by atoms with Crippen LogP contribution in [0.3, 0.4) is 0 Å². The predicted octanol–water partition coefficient (Wildman–Crippen LogP) is 3.42. The van der Waals surface area contributed by atoms with Crippen molar-refractivity contribution < 1.29 is 0 Å². The number of rotatable bonds is 5. The summed E-state index contributed by atoms with van der Waals surface area (Å²) in [5.41, 5.74) is 0.00653. The Morgan fingerprint density at radius 1 is 1.20 bits per heavy atom. The minimum absolute atomic E-state index is 0.405. The molecule has 1 N–H and O–H groups in total. The van der Waals surface area contributed by atoms with Crippen LogP contribution in [0, 0.1) is 22.7 Å². The van der Waals surface area contributed by atoms with Crippen LogP contribution < -0.4 is 5.32 Å². The summed E-state index contributed by atoms with van der Waals surface area (Å²) in [5.74, 6) is 0.810. The maximum absolute atomic E-state index is 9.45. The van der Waals surface area contributed by atoms with Crippen LogP contribution in [0.4, 0.5) is 0 Å². The average molecular weight is 279 g/mol. The summed E-state index contributed by atoms with van der Waals surface area (Å²) >= 11 is 0. The first-order valence-electron chi connectivity index (χ1n) is 8.19. The van der Waals surface area contributed by atoms with Crippen LogP contribution in [-0.4, -0.2) is 36.6 Å². The summed E-state index contributed by atoms with van der Waals surface area (Å²) in [6, 6.07) is 2.47. The van der Waals surface area contributed by atoms with Crippen LogP contribution in [0.25, 0.3) is 0 Å². The SMILES string of the molecule is CCCNC(C)(C#N)CN1CCCC(C(C)(C)C)CC1. The summed E-state index contributed by atoms with van der Waals surface area (Å²) in [6.07, 6.45) is 4.92. The monoisotopic (exact) mass is 279 g/mol. The molecule has 2 unspecified atom stereocenters. The number of nitriles is 1. The molecule has 116 valence electrons. The lowest BCUT2D eigenvalue weighted by Gasteiger charge is -2.32. The van der Waals surface area contributed by atoms with E-state index in [1.165, 1.54) is 19.3 Å². The van der Waals surface area contributed by atoms with E-state index in [4.69, 9.17) is 0 Å². The summed E-state index contributed by atoms with van der Waals surface area (Å²) < 4.78 is 0.